The summed E-state index contributed by atoms with van der Waals surface area (Å²) in [5.74, 6) is -3.30. The highest BCUT2D eigenvalue weighted by Gasteiger charge is 2.52. The molecule has 0 saturated carbocycles. The van der Waals surface area contributed by atoms with E-state index < -0.39 is 90.7 Å². The van der Waals surface area contributed by atoms with Crippen LogP contribution in [0.4, 0.5) is 0 Å². The van der Waals surface area contributed by atoms with Crippen molar-refractivity contribution < 1.29 is 67.3 Å². The van der Waals surface area contributed by atoms with E-state index in [1.165, 1.54) is 31.4 Å². The molecule has 0 spiro atoms. The summed E-state index contributed by atoms with van der Waals surface area (Å²) in [6.07, 6.45) is -4.27. The number of benzene rings is 2. The van der Waals surface area contributed by atoms with Crippen molar-refractivity contribution >= 4 is 23.3 Å². The minimum atomic E-state index is -1.48. The Kier molecular flexibility index (Phi) is 10.4. The lowest BCUT2D eigenvalue weighted by molar-refractivity contribution is -0.369. The zero-order valence-electron chi connectivity index (χ0n) is 32.3. The number of phenols is 1. The molecule has 2 aromatic rings. The second kappa shape index (κ2) is 14.9. The number of fused-ring (bicyclic) bond motifs is 5. The highest BCUT2D eigenvalue weighted by molar-refractivity contribution is 6.30. The monoisotopic (exact) mass is 779 g/mol. The summed E-state index contributed by atoms with van der Waals surface area (Å²) in [7, 11) is 3.02. The number of carbonyl (C=O) groups excluding carboxylic acids is 4. The molecule has 6 aliphatic rings. The predicted molar refractivity (Wildman–Crippen MR) is 193 cm³/mol. The van der Waals surface area contributed by atoms with Gasteiger partial charge < -0.3 is 53.4 Å². The molecule has 0 bridgehead atoms. The number of ether oxygens (including phenoxy) is 8. The Morgan fingerprint density at radius 2 is 1.71 bits per heavy atom. The van der Waals surface area contributed by atoms with Crippen LogP contribution < -0.4 is 10.1 Å². The highest BCUT2D eigenvalue weighted by Crippen LogP contribution is 2.50. The highest BCUT2D eigenvalue weighted by atomic mass is 16.8. The molecule has 0 unspecified atom stereocenters. The third kappa shape index (κ3) is 6.46. The first-order valence-electron chi connectivity index (χ1n) is 19.5. The van der Waals surface area contributed by atoms with Crippen molar-refractivity contribution in [1.82, 2.24) is 5.32 Å². The van der Waals surface area contributed by atoms with Gasteiger partial charge in [0, 0.05) is 36.4 Å². The Labute approximate surface area is 324 Å². The number of methoxy groups -OCH3 is 1. The minimum Gasteiger partial charge on any atom is -0.507 e. The first kappa shape index (κ1) is 39.0. The number of hydrogen-bond donors (Lipinski definition) is 3. The Morgan fingerprint density at radius 3 is 2.45 bits per heavy atom. The van der Waals surface area contributed by atoms with Crippen LogP contribution in [0.2, 0.25) is 0 Å². The van der Waals surface area contributed by atoms with Crippen LogP contribution in [0.3, 0.4) is 0 Å². The third-order valence-corrected chi connectivity index (χ3v) is 12.5. The number of esters is 1. The van der Waals surface area contributed by atoms with Crippen LogP contribution in [0.25, 0.3) is 0 Å². The van der Waals surface area contributed by atoms with Crippen molar-refractivity contribution in [2.75, 3.05) is 14.2 Å². The summed E-state index contributed by atoms with van der Waals surface area (Å²) in [5, 5.41) is 25.8. The second-order valence-corrected chi connectivity index (χ2v) is 15.7. The van der Waals surface area contributed by atoms with Gasteiger partial charge in [0.05, 0.1) is 42.1 Å². The van der Waals surface area contributed by atoms with Crippen LogP contribution in [0, 0.1) is 0 Å². The van der Waals surface area contributed by atoms with Crippen LogP contribution >= 0.6 is 0 Å². The van der Waals surface area contributed by atoms with E-state index in [2.05, 4.69) is 5.32 Å². The number of nitrogens with one attached hydrogen (secondary N) is 1. The van der Waals surface area contributed by atoms with Gasteiger partial charge in [-0.25, -0.2) is 0 Å². The molecule has 2 aliphatic carbocycles. The van der Waals surface area contributed by atoms with Crippen molar-refractivity contribution in [2.24, 2.45) is 0 Å². The summed E-state index contributed by atoms with van der Waals surface area (Å²) >= 11 is 0. The fourth-order valence-corrected chi connectivity index (χ4v) is 9.39. The van der Waals surface area contributed by atoms with E-state index in [4.69, 9.17) is 37.9 Å². The minimum absolute atomic E-state index is 0.00730. The standard InChI is InChI=1S/C41H49NO14/c1-7-41(48)12-11-20-22(33(41)39(47)49-6)13-23-32(35(46)31-21(34(23)45)9-8-10-25(31)43)38(20)55-29-14-24(42-5)36(18(3)50-29)54-30-16-27-37(19(4)51-30)56-40-28(53-27)15-26(44)17(2)52-40/h8-10,13,17-19,24,27-30,33,36-37,40,42-43,48H,7,11-12,14-16H2,1-6H3/t17-,18-,19-,24-,27-,28-,29-,30-,33+,36+,37+,40-,41+/m0/s1. The maximum Gasteiger partial charge on any atom is 0.316 e. The van der Waals surface area contributed by atoms with E-state index in [9.17, 15) is 29.4 Å². The van der Waals surface area contributed by atoms with Gasteiger partial charge in [-0.05, 0) is 70.3 Å². The number of aromatic hydroxyl groups is 1. The largest absolute Gasteiger partial charge is 0.507 e. The molecule has 4 fully saturated rings. The molecule has 56 heavy (non-hydrogen) atoms. The number of ketones is 3. The Balaban J connectivity index is 1.07. The van der Waals surface area contributed by atoms with E-state index >= 15 is 0 Å². The van der Waals surface area contributed by atoms with Crippen molar-refractivity contribution in [1.29, 1.82) is 0 Å². The van der Waals surface area contributed by atoms with E-state index in [0.29, 0.717) is 17.5 Å². The Hall–Kier alpha value is -3.80. The lowest BCUT2D eigenvalue weighted by Gasteiger charge is -2.50. The number of aliphatic hydroxyl groups is 1. The predicted octanol–water partition coefficient (Wildman–Crippen LogP) is 2.99. The molecule has 13 atom stereocenters. The number of carbonyl (C=O) groups is 4. The molecule has 0 aromatic heterocycles. The molecule has 2 aromatic carbocycles. The average molecular weight is 780 g/mol. The third-order valence-electron chi connectivity index (χ3n) is 12.5. The molecule has 302 valence electrons. The quantitative estimate of drug-likeness (QED) is 0.296. The molecular weight excluding hydrogens is 730 g/mol. The van der Waals surface area contributed by atoms with Gasteiger partial charge in [0.1, 0.15) is 41.8 Å². The molecule has 0 amide bonds. The summed E-state index contributed by atoms with van der Waals surface area (Å²) < 4.78 is 49.5. The molecule has 4 aliphatic heterocycles. The van der Waals surface area contributed by atoms with Gasteiger partial charge in [-0.1, -0.05) is 19.1 Å². The summed E-state index contributed by atoms with van der Waals surface area (Å²) in [6.45, 7) is 7.20. The van der Waals surface area contributed by atoms with Crippen molar-refractivity contribution in [3.8, 4) is 11.5 Å². The Bertz CT molecular complexity index is 1930. The summed E-state index contributed by atoms with van der Waals surface area (Å²) in [6, 6.07) is 5.45. The topological polar surface area (TPSA) is 195 Å². The molecule has 4 heterocycles. The summed E-state index contributed by atoms with van der Waals surface area (Å²) in [4.78, 5) is 54.1. The van der Waals surface area contributed by atoms with Gasteiger partial charge in [-0.2, -0.15) is 0 Å². The average Bonchev–Trinajstić information content (AvgIpc) is 3.17. The van der Waals surface area contributed by atoms with Crippen LogP contribution in [-0.2, 0) is 49.2 Å². The van der Waals surface area contributed by atoms with Crippen molar-refractivity contribution in [3.63, 3.8) is 0 Å². The van der Waals surface area contributed by atoms with E-state index in [1.54, 1.807) is 20.9 Å². The van der Waals surface area contributed by atoms with Crippen LogP contribution in [-0.4, -0.2) is 121 Å². The molecule has 15 nitrogen and oxygen atoms in total. The number of rotatable bonds is 7. The molecule has 0 radical (unpaired) electrons. The van der Waals surface area contributed by atoms with Crippen LogP contribution in [0.1, 0.15) is 109 Å². The van der Waals surface area contributed by atoms with Gasteiger partial charge in [0.25, 0.3) is 0 Å². The molecule has 8 rings (SSSR count). The smallest absolute Gasteiger partial charge is 0.316 e. The lowest BCUT2D eigenvalue weighted by atomic mass is 9.68. The number of hydrogen-bond acceptors (Lipinski definition) is 15. The van der Waals surface area contributed by atoms with Gasteiger partial charge in [0.15, 0.2) is 24.1 Å². The van der Waals surface area contributed by atoms with Crippen LogP contribution in [0.15, 0.2) is 24.3 Å². The van der Waals surface area contributed by atoms with Gasteiger partial charge in [-0.15, -0.1) is 0 Å². The van der Waals surface area contributed by atoms with Crippen LogP contribution in [0.5, 0.6) is 11.5 Å². The molecule has 4 saturated heterocycles. The van der Waals surface area contributed by atoms with Gasteiger partial charge >= 0.3 is 5.97 Å². The summed E-state index contributed by atoms with van der Waals surface area (Å²) in [5.41, 5.74) is -0.829. The van der Waals surface area contributed by atoms with Gasteiger partial charge in [0.2, 0.25) is 12.1 Å². The number of Topliss-reactive ketones (excluding diaryl/α,β-unsaturated/α-hetero) is 1. The zero-order valence-corrected chi connectivity index (χ0v) is 32.3. The fraction of sp³-hybridized carbons (Fsp3) is 0.610. The van der Waals surface area contributed by atoms with E-state index in [1.807, 2.05) is 13.8 Å². The first-order valence-corrected chi connectivity index (χ1v) is 19.5. The van der Waals surface area contributed by atoms with E-state index in [-0.39, 0.29) is 77.7 Å². The first-order chi connectivity index (χ1) is 26.8. The van der Waals surface area contributed by atoms with Gasteiger partial charge in [-0.3, -0.25) is 19.2 Å². The normalized spacial score (nSPS) is 37.7. The maximum absolute atomic E-state index is 14.3. The van der Waals surface area contributed by atoms with E-state index in [0.717, 1.165) is 0 Å². The Morgan fingerprint density at radius 1 is 0.946 bits per heavy atom. The molecule has 15 heteroatoms. The second-order valence-electron chi connectivity index (χ2n) is 15.7. The SMILES string of the molecule is CC[C@@]1(O)CCc2c(cc3c(c2O[C@H]2C[C@H](NC)[C@H](O[C@H]4C[C@@H]5O[C@H]6CC(=O)[C@H](C)O[C@H]6O[C@@H]5[C@H](C)O4)[C@H](C)O2)C(=O)c2c(O)cccc2C3=O)[C@@H]1C(=O)OC. The number of phenolic OH excluding ortho intramolecular Hbond substituents is 1. The lowest BCUT2D eigenvalue weighted by Crippen LogP contribution is -2.62. The molecule has 3 N–H and O–H groups in total. The fourth-order valence-electron chi connectivity index (χ4n) is 9.39. The van der Waals surface area contributed by atoms with Crippen molar-refractivity contribution in [2.45, 2.75) is 145 Å². The molecular formula is C41H49NO14. The van der Waals surface area contributed by atoms with Crippen molar-refractivity contribution in [3.05, 3.63) is 57.6 Å². The zero-order chi connectivity index (χ0) is 39.8. The maximum atomic E-state index is 14.3. The number of likely N-dealkylation sites (N-methyl/N-ethyl adjacent to an activating group) is 1.